The Morgan fingerprint density at radius 2 is 2.00 bits per heavy atom. The Balaban J connectivity index is 1.78. The minimum absolute atomic E-state index is 0.0240. The summed E-state index contributed by atoms with van der Waals surface area (Å²) in [5.41, 5.74) is 1.98. The predicted octanol–water partition coefficient (Wildman–Crippen LogP) is 2.14. The molecule has 0 spiro atoms. The van der Waals surface area contributed by atoms with Gasteiger partial charge in [0.25, 0.3) is 11.8 Å². The van der Waals surface area contributed by atoms with Crippen molar-refractivity contribution >= 4 is 23.2 Å². The van der Waals surface area contributed by atoms with E-state index in [1.54, 1.807) is 42.5 Å². The van der Waals surface area contributed by atoms with Crippen molar-refractivity contribution in [3.05, 3.63) is 53.6 Å². The molecule has 1 aliphatic heterocycles. The molecule has 0 aromatic heterocycles. The largest absolute Gasteiger partial charge is 0.482 e. The number of nitrogens with one attached hydrogen (secondary N) is 2. The number of nitriles is 1. The highest BCUT2D eigenvalue weighted by atomic mass is 16.5. The van der Waals surface area contributed by atoms with E-state index in [1.807, 2.05) is 6.07 Å². The Morgan fingerprint density at radius 1 is 1.23 bits per heavy atom. The fraction of sp³-hybridized carbons (Fsp3) is 0.0625. The lowest BCUT2D eigenvalue weighted by molar-refractivity contribution is -0.118. The molecule has 2 N–H and O–H groups in total. The third-order valence-corrected chi connectivity index (χ3v) is 3.15. The van der Waals surface area contributed by atoms with Crippen LogP contribution in [0.25, 0.3) is 0 Å². The number of anilines is 2. The van der Waals surface area contributed by atoms with Gasteiger partial charge in [0.2, 0.25) is 0 Å². The van der Waals surface area contributed by atoms with Crippen LogP contribution in [0, 0.1) is 11.3 Å². The van der Waals surface area contributed by atoms with Crippen LogP contribution in [0.15, 0.2) is 42.5 Å². The molecule has 0 saturated heterocycles. The number of hydrogen-bond acceptors (Lipinski definition) is 4. The van der Waals surface area contributed by atoms with Crippen LogP contribution in [0.4, 0.5) is 11.4 Å². The molecule has 2 aromatic carbocycles. The molecule has 0 atom stereocenters. The van der Waals surface area contributed by atoms with Gasteiger partial charge in [0, 0.05) is 11.3 Å². The molecule has 0 fully saturated rings. The second-order valence-electron chi connectivity index (χ2n) is 4.69. The van der Waals surface area contributed by atoms with Gasteiger partial charge in [-0.15, -0.1) is 0 Å². The SMILES string of the molecule is N#Cc1ccc(NC(=O)c2ccc3c(c2)NC(=O)CO3)cc1. The van der Waals surface area contributed by atoms with Crippen LogP contribution >= 0.6 is 0 Å². The number of ether oxygens (including phenoxy) is 1. The standard InChI is InChI=1S/C16H11N3O3/c17-8-10-1-4-12(5-2-10)18-16(21)11-3-6-14-13(7-11)19-15(20)9-22-14/h1-7H,9H2,(H,18,21)(H,19,20). The summed E-state index contributed by atoms with van der Waals surface area (Å²) in [5.74, 6) is -0.0287. The molecule has 2 amide bonds. The summed E-state index contributed by atoms with van der Waals surface area (Å²) in [6.45, 7) is -0.0240. The predicted molar refractivity (Wildman–Crippen MR) is 79.7 cm³/mol. The molecular weight excluding hydrogens is 282 g/mol. The maximum atomic E-state index is 12.2. The molecule has 0 aliphatic carbocycles. The van der Waals surface area contributed by atoms with Crippen molar-refractivity contribution in [2.24, 2.45) is 0 Å². The Morgan fingerprint density at radius 3 is 2.73 bits per heavy atom. The van der Waals surface area contributed by atoms with Crippen molar-refractivity contribution in [2.75, 3.05) is 17.2 Å². The first-order chi connectivity index (χ1) is 10.7. The summed E-state index contributed by atoms with van der Waals surface area (Å²) < 4.78 is 5.24. The molecule has 6 nitrogen and oxygen atoms in total. The maximum absolute atomic E-state index is 12.2. The average Bonchev–Trinajstić information content (AvgIpc) is 2.54. The van der Waals surface area contributed by atoms with Crippen LogP contribution in [-0.4, -0.2) is 18.4 Å². The first kappa shape index (κ1) is 13.6. The molecule has 0 bridgehead atoms. The van der Waals surface area contributed by atoms with Crippen molar-refractivity contribution in [1.82, 2.24) is 0 Å². The van der Waals surface area contributed by atoms with E-state index in [9.17, 15) is 9.59 Å². The third-order valence-electron chi connectivity index (χ3n) is 3.15. The molecule has 22 heavy (non-hydrogen) atoms. The van der Waals surface area contributed by atoms with Crippen molar-refractivity contribution in [1.29, 1.82) is 5.26 Å². The zero-order chi connectivity index (χ0) is 15.5. The molecule has 0 unspecified atom stereocenters. The highest BCUT2D eigenvalue weighted by Crippen LogP contribution is 2.28. The second kappa shape index (κ2) is 5.58. The minimum Gasteiger partial charge on any atom is -0.482 e. The summed E-state index contributed by atoms with van der Waals surface area (Å²) in [6, 6.07) is 13.4. The lowest BCUT2D eigenvalue weighted by Crippen LogP contribution is -2.25. The third kappa shape index (κ3) is 2.74. The Labute approximate surface area is 126 Å². The van der Waals surface area contributed by atoms with Crippen LogP contribution < -0.4 is 15.4 Å². The zero-order valence-corrected chi connectivity index (χ0v) is 11.4. The number of carbonyl (C=O) groups excluding carboxylic acids is 2. The quantitative estimate of drug-likeness (QED) is 0.887. The van der Waals surface area contributed by atoms with Crippen LogP contribution in [0.5, 0.6) is 5.75 Å². The second-order valence-corrected chi connectivity index (χ2v) is 4.69. The monoisotopic (exact) mass is 293 g/mol. The van der Waals surface area contributed by atoms with Crippen molar-refractivity contribution < 1.29 is 14.3 Å². The van der Waals surface area contributed by atoms with Crippen molar-refractivity contribution in [3.63, 3.8) is 0 Å². The number of nitrogens with zero attached hydrogens (tertiary/aromatic N) is 1. The lowest BCUT2D eigenvalue weighted by atomic mass is 10.1. The summed E-state index contributed by atoms with van der Waals surface area (Å²) in [6.07, 6.45) is 0. The van der Waals surface area contributed by atoms with Gasteiger partial charge in [-0.3, -0.25) is 9.59 Å². The number of benzene rings is 2. The summed E-state index contributed by atoms with van der Waals surface area (Å²) in [7, 11) is 0. The summed E-state index contributed by atoms with van der Waals surface area (Å²) >= 11 is 0. The highest BCUT2D eigenvalue weighted by molar-refractivity contribution is 6.06. The highest BCUT2D eigenvalue weighted by Gasteiger charge is 2.17. The number of rotatable bonds is 2. The van der Waals surface area contributed by atoms with Crippen molar-refractivity contribution in [3.8, 4) is 11.8 Å². The van der Waals surface area contributed by atoms with Gasteiger partial charge in [-0.1, -0.05) is 0 Å². The molecule has 0 saturated carbocycles. The van der Waals surface area contributed by atoms with Gasteiger partial charge < -0.3 is 15.4 Å². The molecule has 2 aromatic rings. The summed E-state index contributed by atoms with van der Waals surface area (Å²) in [4.78, 5) is 23.5. The molecule has 0 radical (unpaired) electrons. The molecule has 1 heterocycles. The molecule has 6 heteroatoms. The van der Waals surface area contributed by atoms with E-state index in [0.29, 0.717) is 28.3 Å². The van der Waals surface area contributed by atoms with Gasteiger partial charge in [-0.05, 0) is 42.5 Å². The van der Waals surface area contributed by atoms with Gasteiger partial charge in [-0.25, -0.2) is 0 Å². The lowest BCUT2D eigenvalue weighted by Gasteiger charge is -2.18. The van der Waals surface area contributed by atoms with E-state index in [2.05, 4.69) is 10.6 Å². The average molecular weight is 293 g/mol. The normalized spacial score (nSPS) is 12.4. The van der Waals surface area contributed by atoms with E-state index >= 15 is 0 Å². The van der Waals surface area contributed by atoms with Crippen LogP contribution in [0.1, 0.15) is 15.9 Å². The molecule has 108 valence electrons. The van der Waals surface area contributed by atoms with Gasteiger partial charge in [-0.2, -0.15) is 5.26 Å². The van der Waals surface area contributed by atoms with Crippen LogP contribution in [0.3, 0.4) is 0 Å². The molecule has 1 aliphatic rings. The Hall–Kier alpha value is -3.33. The number of fused-ring (bicyclic) bond motifs is 1. The van der Waals surface area contributed by atoms with E-state index < -0.39 is 0 Å². The fourth-order valence-corrected chi connectivity index (χ4v) is 2.06. The Bertz CT molecular complexity index is 791. The van der Waals surface area contributed by atoms with Gasteiger partial charge in [0.15, 0.2) is 6.61 Å². The van der Waals surface area contributed by atoms with E-state index in [1.165, 1.54) is 0 Å². The first-order valence-corrected chi connectivity index (χ1v) is 6.54. The smallest absolute Gasteiger partial charge is 0.262 e. The zero-order valence-electron chi connectivity index (χ0n) is 11.4. The van der Waals surface area contributed by atoms with Crippen LogP contribution in [0.2, 0.25) is 0 Å². The maximum Gasteiger partial charge on any atom is 0.262 e. The van der Waals surface area contributed by atoms with Gasteiger partial charge in [0.05, 0.1) is 17.3 Å². The van der Waals surface area contributed by atoms with Gasteiger partial charge in [0.1, 0.15) is 5.75 Å². The minimum atomic E-state index is -0.313. The fourth-order valence-electron chi connectivity index (χ4n) is 2.06. The van der Waals surface area contributed by atoms with E-state index in [4.69, 9.17) is 10.00 Å². The molecular formula is C16H11N3O3. The number of amides is 2. The molecule has 3 rings (SSSR count). The number of hydrogen-bond donors (Lipinski definition) is 2. The van der Waals surface area contributed by atoms with Gasteiger partial charge >= 0.3 is 0 Å². The first-order valence-electron chi connectivity index (χ1n) is 6.54. The topological polar surface area (TPSA) is 91.2 Å². The van der Waals surface area contributed by atoms with Crippen molar-refractivity contribution in [2.45, 2.75) is 0 Å². The number of carbonyl (C=O) groups is 2. The Kier molecular flexibility index (Phi) is 3.46. The summed E-state index contributed by atoms with van der Waals surface area (Å²) in [5, 5.41) is 14.1. The van der Waals surface area contributed by atoms with Crippen LogP contribution in [-0.2, 0) is 4.79 Å². The van der Waals surface area contributed by atoms with E-state index in [0.717, 1.165) is 0 Å². The van der Waals surface area contributed by atoms with E-state index in [-0.39, 0.29) is 18.4 Å².